The van der Waals surface area contributed by atoms with Gasteiger partial charge in [0.2, 0.25) is 0 Å². The normalized spacial score (nSPS) is 12.0. The number of benzene rings is 2. The van der Waals surface area contributed by atoms with E-state index in [0.717, 1.165) is 23.5 Å². The van der Waals surface area contributed by atoms with Crippen LogP contribution in [0.25, 0.3) is 5.69 Å². The van der Waals surface area contributed by atoms with Crippen molar-refractivity contribution in [2.75, 3.05) is 0 Å². The van der Waals surface area contributed by atoms with Gasteiger partial charge in [0.1, 0.15) is 6.61 Å². The Morgan fingerprint density at radius 1 is 1.21 bits per heavy atom. The maximum atomic E-state index is 14.4. The lowest BCUT2D eigenvalue weighted by Crippen LogP contribution is -2.08. The standard InChI is InChI=1S/C21H19ClF2N2O3/c1-12(7-20(27)28)14-9-18(23)21(19(24)10-14)29-11-17-8-13(2)25-26(17)16-5-3-15(22)4-6-16/h3-6,8-10,12H,7,11H2,1-2H3,(H,27,28). The number of carboxylic acid groups (broad SMARTS) is 1. The zero-order valence-corrected chi connectivity index (χ0v) is 16.6. The number of nitrogens with zero attached hydrogens (tertiary/aromatic N) is 2. The van der Waals surface area contributed by atoms with Gasteiger partial charge < -0.3 is 9.84 Å². The molecule has 152 valence electrons. The number of aromatic nitrogens is 2. The van der Waals surface area contributed by atoms with Gasteiger partial charge in [-0.05, 0) is 60.9 Å². The average molecular weight is 421 g/mol. The van der Waals surface area contributed by atoms with Gasteiger partial charge >= 0.3 is 5.97 Å². The molecular formula is C21H19ClF2N2O3. The van der Waals surface area contributed by atoms with Gasteiger partial charge in [0, 0.05) is 5.02 Å². The highest BCUT2D eigenvalue weighted by Gasteiger charge is 2.18. The second-order valence-electron chi connectivity index (χ2n) is 6.77. The van der Waals surface area contributed by atoms with Crippen LogP contribution in [0.15, 0.2) is 42.5 Å². The van der Waals surface area contributed by atoms with Gasteiger partial charge in [0.25, 0.3) is 0 Å². The van der Waals surface area contributed by atoms with Crippen molar-refractivity contribution in [2.24, 2.45) is 0 Å². The van der Waals surface area contributed by atoms with E-state index in [1.807, 2.05) is 0 Å². The van der Waals surface area contributed by atoms with Gasteiger partial charge in [-0.15, -0.1) is 0 Å². The van der Waals surface area contributed by atoms with Crippen LogP contribution in [-0.4, -0.2) is 20.9 Å². The number of halogens is 3. The van der Waals surface area contributed by atoms with Crippen LogP contribution in [0.1, 0.15) is 36.2 Å². The Bertz CT molecular complexity index is 1010. The highest BCUT2D eigenvalue weighted by atomic mass is 35.5. The Balaban J connectivity index is 1.82. The zero-order chi connectivity index (χ0) is 21.1. The van der Waals surface area contributed by atoms with E-state index in [1.54, 1.807) is 48.9 Å². The van der Waals surface area contributed by atoms with Gasteiger partial charge in [-0.2, -0.15) is 5.10 Å². The zero-order valence-electron chi connectivity index (χ0n) is 15.8. The minimum absolute atomic E-state index is 0.110. The molecule has 5 nitrogen and oxygen atoms in total. The van der Waals surface area contributed by atoms with Crippen LogP contribution in [0.3, 0.4) is 0 Å². The van der Waals surface area contributed by atoms with E-state index in [4.69, 9.17) is 21.4 Å². The second-order valence-corrected chi connectivity index (χ2v) is 7.20. The Labute approximate surface area is 171 Å². The second kappa shape index (κ2) is 8.61. The highest BCUT2D eigenvalue weighted by Crippen LogP contribution is 2.29. The number of aryl methyl sites for hydroxylation is 1. The lowest BCUT2D eigenvalue weighted by Gasteiger charge is -2.14. The number of hydrogen-bond donors (Lipinski definition) is 1. The van der Waals surface area contributed by atoms with E-state index in [1.165, 1.54) is 0 Å². The summed E-state index contributed by atoms with van der Waals surface area (Å²) < 4.78 is 35.9. The number of aliphatic carboxylic acids is 1. The van der Waals surface area contributed by atoms with Crippen molar-refractivity contribution in [3.63, 3.8) is 0 Å². The SMILES string of the molecule is Cc1cc(COc2c(F)cc(C(C)CC(=O)O)cc2F)n(-c2ccc(Cl)cc2)n1. The van der Waals surface area contributed by atoms with E-state index in [9.17, 15) is 13.6 Å². The molecule has 0 spiro atoms. The molecule has 1 atom stereocenters. The Kier molecular flexibility index (Phi) is 6.17. The summed E-state index contributed by atoms with van der Waals surface area (Å²) in [6.07, 6.45) is -0.224. The lowest BCUT2D eigenvalue weighted by atomic mass is 9.97. The minimum Gasteiger partial charge on any atom is -0.481 e. The monoisotopic (exact) mass is 420 g/mol. The molecule has 29 heavy (non-hydrogen) atoms. The van der Waals surface area contributed by atoms with E-state index in [0.29, 0.717) is 10.7 Å². The molecule has 1 N–H and O–H groups in total. The molecule has 0 radical (unpaired) electrons. The van der Waals surface area contributed by atoms with Crippen molar-refractivity contribution in [1.82, 2.24) is 9.78 Å². The highest BCUT2D eigenvalue weighted by molar-refractivity contribution is 6.30. The van der Waals surface area contributed by atoms with Crippen LogP contribution in [0.5, 0.6) is 5.75 Å². The molecule has 0 aliphatic rings. The Morgan fingerprint density at radius 3 is 2.41 bits per heavy atom. The summed E-state index contributed by atoms with van der Waals surface area (Å²) in [5.74, 6) is -3.85. The summed E-state index contributed by atoms with van der Waals surface area (Å²) in [6.45, 7) is 3.29. The molecule has 0 aliphatic carbocycles. The summed E-state index contributed by atoms with van der Waals surface area (Å²) in [5, 5.41) is 13.8. The average Bonchev–Trinajstić information content (AvgIpc) is 3.01. The maximum Gasteiger partial charge on any atom is 0.303 e. The van der Waals surface area contributed by atoms with Gasteiger partial charge in [-0.25, -0.2) is 13.5 Å². The summed E-state index contributed by atoms with van der Waals surface area (Å²) in [7, 11) is 0. The molecule has 0 saturated heterocycles. The Hall–Kier alpha value is -2.93. The van der Waals surface area contributed by atoms with E-state index in [2.05, 4.69) is 5.10 Å². The summed E-state index contributed by atoms with van der Waals surface area (Å²) in [5.41, 5.74) is 2.32. The van der Waals surface area contributed by atoms with Crippen LogP contribution >= 0.6 is 11.6 Å². The van der Waals surface area contributed by atoms with Crippen LogP contribution in [0.4, 0.5) is 8.78 Å². The fourth-order valence-electron chi connectivity index (χ4n) is 2.99. The first-order valence-corrected chi connectivity index (χ1v) is 9.27. The van der Waals surface area contributed by atoms with E-state index >= 15 is 0 Å². The first kappa shape index (κ1) is 20.8. The van der Waals surface area contributed by atoms with Crippen LogP contribution in [0.2, 0.25) is 5.02 Å². The number of carbonyl (C=O) groups is 1. The third-order valence-corrected chi connectivity index (χ3v) is 4.66. The molecule has 1 aromatic heterocycles. The van der Waals surface area contributed by atoms with Crippen molar-refractivity contribution >= 4 is 17.6 Å². The Morgan fingerprint density at radius 2 is 1.83 bits per heavy atom. The number of carboxylic acids is 1. The van der Waals surface area contributed by atoms with Crippen molar-refractivity contribution in [2.45, 2.75) is 32.8 Å². The minimum atomic E-state index is -1.04. The largest absolute Gasteiger partial charge is 0.481 e. The van der Waals surface area contributed by atoms with Crippen molar-refractivity contribution in [1.29, 1.82) is 0 Å². The molecule has 1 unspecified atom stereocenters. The van der Waals surface area contributed by atoms with E-state index in [-0.39, 0.29) is 18.6 Å². The third kappa shape index (κ3) is 4.92. The molecule has 2 aromatic carbocycles. The van der Waals surface area contributed by atoms with Gasteiger partial charge in [-0.1, -0.05) is 18.5 Å². The fourth-order valence-corrected chi connectivity index (χ4v) is 3.12. The molecule has 8 heteroatoms. The van der Waals surface area contributed by atoms with Crippen molar-refractivity contribution in [3.05, 3.63) is 76.1 Å². The van der Waals surface area contributed by atoms with Crippen LogP contribution < -0.4 is 4.74 Å². The van der Waals surface area contributed by atoms with Gasteiger partial charge in [0.05, 0.1) is 23.5 Å². The molecule has 0 bridgehead atoms. The van der Waals surface area contributed by atoms with Gasteiger partial charge in [0.15, 0.2) is 17.4 Å². The van der Waals surface area contributed by atoms with Crippen LogP contribution in [0, 0.1) is 18.6 Å². The first-order valence-electron chi connectivity index (χ1n) is 8.89. The molecular weight excluding hydrogens is 402 g/mol. The molecule has 0 amide bonds. The molecule has 0 saturated carbocycles. The van der Waals surface area contributed by atoms with Crippen molar-refractivity contribution in [3.8, 4) is 11.4 Å². The molecule has 1 heterocycles. The number of ether oxygens (including phenoxy) is 1. The maximum absolute atomic E-state index is 14.4. The van der Waals surface area contributed by atoms with Crippen molar-refractivity contribution < 1.29 is 23.4 Å². The molecule has 3 aromatic rings. The third-order valence-electron chi connectivity index (χ3n) is 4.41. The van der Waals surface area contributed by atoms with Crippen LogP contribution in [-0.2, 0) is 11.4 Å². The fraction of sp³-hybridized carbons (Fsp3) is 0.238. The summed E-state index contributed by atoms with van der Waals surface area (Å²) in [4.78, 5) is 10.8. The van der Waals surface area contributed by atoms with E-state index < -0.39 is 29.3 Å². The first-order chi connectivity index (χ1) is 13.7. The smallest absolute Gasteiger partial charge is 0.303 e. The topological polar surface area (TPSA) is 64.3 Å². The summed E-state index contributed by atoms with van der Waals surface area (Å²) in [6, 6.07) is 11.0. The lowest BCUT2D eigenvalue weighted by molar-refractivity contribution is -0.137. The number of hydrogen-bond acceptors (Lipinski definition) is 3. The predicted octanol–water partition coefficient (Wildman–Crippen LogP) is 5.27. The molecule has 0 aliphatic heterocycles. The molecule has 3 rings (SSSR count). The molecule has 0 fully saturated rings. The quantitative estimate of drug-likeness (QED) is 0.565. The number of rotatable bonds is 7. The van der Waals surface area contributed by atoms with Gasteiger partial charge in [-0.3, -0.25) is 4.79 Å². The summed E-state index contributed by atoms with van der Waals surface area (Å²) >= 11 is 5.91. The predicted molar refractivity (Wildman–Crippen MR) is 105 cm³/mol.